The molecule has 136 valence electrons. The fourth-order valence-corrected chi connectivity index (χ4v) is 3.76. The van der Waals surface area contributed by atoms with Gasteiger partial charge in [-0.1, -0.05) is 12.1 Å². The van der Waals surface area contributed by atoms with E-state index in [4.69, 9.17) is 9.47 Å². The summed E-state index contributed by atoms with van der Waals surface area (Å²) in [6.45, 7) is 0.0285. The third-order valence-corrected chi connectivity index (χ3v) is 6.01. The molecule has 0 unspecified atom stereocenters. The Morgan fingerprint density at radius 1 is 0.840 bits per heavy atom. The van der Waals surface area contributed by atoms with Crippen LogP contribution in [0.15, 0.2) is 52.3 Å². The maximum absolute atomic E-state index is 12.4. The van der Waals surface area contributed by atoms with Crippen LogP contribution in [0.4, 0.5) is 0 Å². The standard InChI is InChI=1S/C16H19NO6S2/c1-22-15-9-8-14(10-16(15)23-2)25(20,21)17-11-12-4-6-13(7-5-12)24(3,18)19/h4-10,17H,11H2,1-3H3. The average Bonchev–Trinajstić information content (AvgIpc) is 2.59. The van der Waals surface area contributed by atoms with E-state index in [1.54, 1.807) is 12.1 Å². The molecule has 0 spiro atoms. The van der Waals surface area contributed by atoms with Gasteiger partial charge < -0.3 is 9.47 Å². The number of sulfone groups is 1. The fourth-order valence-electron chi connectivity index (χ4n) is 2.10. The van der Waals surface area contributed by atoms with Crippen LogP contribution in [-0.2, 0) is 26.4 Å². The Morgan fingerprint density at radius 2 is 1.40 bits per heavy atom. The monoisotopic (exact) mass is 385 g/mol. The van der Waals surface area contributed by atoms with Crippen molar-refractivity contribution in [3.05, 3.63) is 48.0 Å². The lowest BCUT2D eigenvalue weighted by atomic mass is 10.2. The average molecular weight is 385 g/mol. The highest BCUT2D eigenvalue weighted by Crippen LogP contribution is 2.29. The number of ether oxygens (including phenoxy) is 2. The van der Waals surface area contributed by atoms with Crippen molar-refractivity contribution >= 4 is 19.9 Å². The highest BCUT2D eigenvalue weighted by molar-refractivity contribution is 7.90. The Kier molecular flexibility index (Phi) is 5.71. The number of rotatable bonds is 7. The molecule has 1 N–H and O–H groups in total. The van der Waals surface area contributed by atoms with Gasteiger partial charge in [-0.2, -0.15) is 0 Å². The second-order valence-electron chi connectivity index (χ2n) is 5.26. The minimum absolute atomic E-state index is 0.0285. The minimum atomic E-state index is -3.76. The SMILES string of the molecule is COc1ccc(S(=O)(=O)NCc2ccc(S(C)(=O)=O)cc2)cc1OC. The minimum Gasteiger partial charge on any atom is -0.493 e. The second kappa shape index (κ2) is 7.42. The van der Waals surface area contributed by atoms with Crippen LogP contribution >= 0.6 is 0 Å². The Bertz CT molecular complexity index is 951. The zero-order valence-corrected chi connectivity index (χ0v) is 15.6. The molecule has 2 aromatic carbocycles. The normalized spacial score (nSPS) is 12.0. The van der Waals surface area contributed by atoms with Crippen molar-refractivity contribution in [1.82, 2.24) is 4.72 Å². The largest absolute Gasteiger partial charge is 0.493 e. The zero-order chi connectivity index (χ0) is 18.7. The second-order valence-corrected chi connectivity index (χ2v) is 9.04. The van der Waals surface area contributed by atoms with Crippen LogP contribution in [0.2, 0.25) is 0 Å². The number of methoxy groups -OCH3 is 2. The van der Waals surface area contributed by atoms with Gasteiger partial charge in [-0.15, -0.1) is 0 Å². The lowest BCUT2D eigenvalue weighted by Crippen LogP contribution is -2.23. The van der Waals surface area contributed by atoms with Crippen LogP contribution in [-0.4, -0.2) is 37.3 Å². The van der Waals surface area contributed by atoms with Crippen molar-refractivity contribution in [1.29, 1.82) is 0 Å². The molecule has 0 saturated heterocycles. The first-order chi connectivity index (χ1) is 11.7. The van der Waals surface area contributed by atoms with Crippen LogP contribution in [0.1, 0.15) is 5.56 Å². The Hall–Kier alpha value is -2.10. The van der Waals surface area contributed by atoms with E-state index < -0.39 is 19.9 Å². The molecule has 0 aromatic heterocycles. The van der Waals surface area contributed by atoms with Crippen LogP contribution in [0.25, 0.3) is 0 Å². The number of sulfonamides is 1. The summed E-state index contributed by atoms with van der Waals surface area (Å²) in [6, 6.07) is 10.3. The van der Waals surface area contributed by atoms with Crippen LogP contribution in [0.3, 0.4) is 0 Å². The smallest absolute Gasteiger partial charge is 0.241 e. The first-order valence-corrected chi connectivity index (χ1v) is 10.6. The molecule has 0 atom stereocenters. The van der Waals surface area contributed by atoms with Crippen molar-refractivity contribution in [2.24, 2.45) is 0 Å². The van der Waals surface area contributed by atoms with E-state index >= 15 is 0 Å². The first-order valence-electron chi connectivity index (χ1n) is 7.18. The van der Waals surface area contributed by atoms with Gasteiger partial charge >= 0.3 is 0 Å². The van der Waals surface area contributed by atoms with E-state index in [2.05, 4.69) is 4.72 Å². The number of benzene rings is 2. The van der Waals surface area contributed by atoms with Crippen molar-refractivity contribution in [2.75, 3.05) is 20.5 Å². The highest BCUT2D eigenvalue weighted by atomic mass is 32.2. The molecule has 9 heteroatoms. The third-order valence-electron chi connectivity index (χ3n) is 3.48. The summed E-state index contributed by atoms with van der Waals surface area (Å²) in [7, 11) is -4.16. The van der Waals surface area contributed by atoms with Crippen LogP contribution < -0.4 is 14.2 Å². The van der Waals surface area contributed by atoms with Gasteiger partial charge in [0, 0.05) is 18.9 Å². The van der Waals surface area contributed by atoms with Gasteiger partial charge in [0.1, 0.15) is 0 Å². The van der Waals surface area contributed by atoms with Crippen molar-refractivity contribution in [2.45, 2.75) is 16.3 Å². The van der Waals surface area contributed by atoms with E-state index in [1.165, 1.54) is 44.6 Å². The molecule has 0 amide bonds. The molecular formula is C16H19NO6S2. The summed E-state index contributed by atoms with van der Waals surface area (Å²) >= 11 is 0. The molecule has 0 fully saturated rings. The van der Waals surface area contributed by atoms with Crippen LogP contribution in [0, 0.1) is 0 Å². The Labute approximate surface area is 147 Å². The van der Waals surface area contributed by atoms with Gasteiger partial charge in [-0.05, 0) is 29.8 Å². The molecule has 0 saturated carbocycles. The van der Waals surface area contributed by atoms with Gasteiger partial charge in [0.15, 0.2) is 21.3 Å². The van der Waals surface area contributed by atoms with Gasteiger partial charge in [0.2, 0.25) is 10.0 Å². The van der Waals surface area contributed by atoms with Crippen LogP contribution in [0.5, 0.6) is 11.5 Å². The van der Waals surface area contributed by atoms with E-state index in [0.29, 0.717) is 17.1 Å². The first kappa shape index (κ1) is 19.2. The fraction of sp³-hybridized carbons (Fsp3) is 0.250. The molecule has 0 aliphatic carbocycles. The summed E-state index contributed by atoms with van der Waals surface area (Å²) in [6.07, 6.45) is 1.11. The molecule has 0 aliphatic rings. The van der Waals surface area contributed by atoms with Gasteiger partial charge in [-0.3, -0.25) is 0 Å². The zero-order valence-electron chi connectivity index (χ0n) is 14.0. The van der Waals surface area contributed by atoms with Crippen molar-refractivity contribution in [3.63, 3.8) is 0 Å². The van der Waals surface area contributed by atoms with Gasteiger partial charge in [-0.25, -0.2) is 21.6 Å². The Morgan fingerprint density at radius 3 is 1.92 bits per heavy atom. The predicted molar refractivity (Wildman–Crippen MR) is 93.1 cm³/mol. The van der Waals surface area contributed by atoms with E-state index in [1.807, 2.05) is 0 Å². The molecule has 2 aromatic rings. The molecule has 0 radical (unpaired) electrons. The summed E-state index contributed by atoms with van der Waals surface area (Å²) in [5, 5.41) is 0. The summed E-state index contributed by atoms with van der Waals surface area (Å²) in [5.74, 6) is 0.737. The van der Waals surface area contributed by atoms with Gasteiger partial charge in [0.05, 0.1) is 24.0 Å². The maximum Gasteiger partial charge on any atom is 0.241 e. The summed E-state index contributed by atoms with van der Waals surface area (Å²) in [5.41, 5.74) is 0.636. The molecule has 25 heavy (non-hydrogen) atoms. The number of hydrogen-bond acceptors (Lipinski definition) is 6. The molecule has 0 heterocycles. The van der Waals surface area contributed by atoms with Crippen molar-refractivity contribution in [3.8, 4) is 11.5 Å². The maximum atomic E-state index is 12.4. The molecule has 7 nitrogen and oxygen atoms in total. The number of hydrogen-bond donors (Lipinski definition) is 1. The quantitative estimate of drug-likeness (QED) is 0.777. The predicted octanol–water partition coefficient (Wildman–Crippen LogP) is 1.59. The van der Waals surface area contributed by atoms with E-state index in [-0.39, 0.29) is 16.3 Å². The molecule has 0 aliphatic heterocycles. The third kappa shape index (κ3) is 4.71. The number of nitrogens with one attached hydrogen (secondary N) is 1. The lowest BCUT2D eigenvalue weighted by Gasteiger charge is -2.11. The molecular weight excluding hydrogens is 366 g/mol. The Balaban J connectivity index is 2.16. The van der Waals surface area contributed by atoms with Crippen molar-refractivity contribution < 1.29 is 26.3 Å². The summed E-state index contributed by atoms with van der Waals surface area (Å²) in [4.78, 5) is 0.219. The highest BCUT2D eigenvalue weighted by Gasteiger charge is 2.17. The van der Waals surface area contributed by atoms with Gasteiger partial charge in [0.25, 0.3) is 0 Å². The molecule has 0 bridgehead atoms. The van der Waals surface area contributed by atoms with E-state index in [9.17, 15) is 16.8 Å². The lowest BCUT2D eigenvalue weighted by molar-refractivity contribution is 0.354. The molecule has 2 rings (SSSR count). The summed E-state index contributed by atoms with van der Waals surface area (Å²) < 4.78 is 60.3. The topological polar surface area (TPSA) is 98.8 Å². The van der Waals surface area contributed by atoms with E-state index in [0.717, 1.165) is 6.26 Å².